The molecule has 3 amide bonds. The average Bonchev–Trinajstić information content (AvgIpc) is 2.42. The fourth-order valence-corrected chi connectivity index (χ4v) is 2.30. The maximum absolute atomic E-state index is 11.4. The number of nitrogens with one attached hydrogen (secondary N) is 1. The zero-order valence-corrected chi connectivity index (χ0v) is 8.62. The molecule has 2 fully saturated rings. The summed E-state index contributed by atoms with van der Waals surface area (Å²) < 4.78 is 0. The quantitative estimate of drug-likeness (QED) is 0.635. The highest BCUT2D eigenvalue weighted by atomic mass is 16.2. The Bertz CT molecular complexity index is 275. The lowest BCUT2D eigenvalue weighted by Gasteiger charge is -2.34. The molecule has 14 heavy (non-hydrogen) atoms. The molecular weight excluding hydrogens is 180 g/mol. The van der Waals surface area contributed by atoms with Crippen LogP contribution in [0.4, 0.5) is 4.79 Å². The second-order valence-corrected chi connectivity index (χ2v) is 4.54. The van der Waals surface area contributed by atoms with Crippen molar-refractivity contribution >= 4 is 11.9 Å². The highest BCUT2D eigenvalue weighted by Gasteiger charge is 2.42. The van der Waals surface area contributed by atoms with Crippen LogP contribution in [0.5, 0.6) is 0 Å². The van der Waals surface area contributed by atoms with Crippen LogP contribution in [0.1, 0.15) is 26.7 Å². The number of piperidine rings is 1. The third kappa shape index (κ3) is 1.38. The van der Waals surface area contributed by atoms with Gasteiger partial charge in [0, 0.05) is 6.54 Å². The Kier molecular flexibility index (Phi) is 2.21. The van der Waals surface area contributed by atoms with Gasteiger partial charge >= 0.3 is 6.03 Å². The zero-order valence-electron chi connectivity index (χ0n) is 8.62. The smallest absolute Gasteiger partial charge is 0.312 e. The first-order valence-corrected chi connectivity index (χ1v) is 5.21. The van der Waals surface area contributed by atoms with E-state index in [1.165, 1.54) is 0 Å². The van der Waals surface area contributed by atoms with E-state index >= 15 is 0 Å². The van der Waals surface area contributed by atoms with Gasteiger partial charge in [-0.2, -0.15) is 0 Å². The van der Waals surface area contributed by atoms with Crippen LogP contribution in [0.25, 0.3) is 0 Å². The molecule has 2 heterocycles. The van der Waals surface area contributed by atoms with Gasteiger partial charge in [0.2, 0.25) is 0 Å². The minimum atomic E-state index is -0.203. The summed E-state index contributed by atoms with van der Waals surface area (Å²) >= 11 is 0. The Labute approximate surface area is 83.6 Å². The lowest BCUT2D eigenvalue weighted by Crippen LogP contribution is -2.44. The van der Waals surface area contributed by atoms with Gasteiger partial charge in [0.25, 0.3) is 5.91 Å². The molecule has 0 aromatic carbocycles. The molecule has 0 spiro atoms. The standard InChI is InChI=1S/C10H16N2O2/c1-6(2)7-3-4-8-9(13)11-10(14)12(8)5-7/h6-8H,3-5H2,1-2H3,(H,11,13,14)/t7-,8?/m0/s1. The number of urea groups is 1. The summed E-state index contributed by atoms with van der Waals surface area (Å²) in [5.74, 6) is 1.01. The largest absolute Gasteiger partial charge is 0.324 e. The summed E-state index contributed by atoms with van der Waals surface area (Å²) in [6.07, 6.45) is 1.87. The van der Waals surface area contributed by atoms with E-state index in [4.69, 9.17) is 0 Å². The number of nitrogens with zero attached hydrogens (tertiary/aromatic N) is 1. The van der Waals surface area contributed by atoms with E-state index in [1.54, 1.807) is 4.90 Å². The van der Waals surface area contributed by atoms with E-state index in [0.717, 1.165) is 19.4 Å². The minimum Gasteiger partial charge on any atom is -0.312 e. The highest BCUT2D eigenvalue weighted by molar-refractivity contribution is 6.04. The normalized spacial score (nSPS) is 32.1. The number of carbonyl (C=O) groups excluding carboxylic acids is 2. The van der Waals surface area contributed by atoms with E-state index in [-0.39, 0.29) is 18.0 Å². The number of imide groups is 1. The van der Waals surface area contributed by atoms with Crippen molar-refractivity contribution in [2.75, 3.05) is 6.54 Å². The second-order valence-electron chi connectivity index (χ2n) is 4.54. The predicted octanol–water partition coefficient (Wildman–Crippen LogP) is 0.973. The van der Waals surface area contributed by atoms with Crippen molar-refractivity contribution in [1.82, 2.24) is 10.2 Å². The summed E-state index contributed by atoms with van der Waals surface area (Å²) in [5, 5.41) is 2.37. The SMILES string of the molecule is CC(C)[C@H]1CCC2C(=O)NC(=O)N2C1. The predicted molar refractivity (Wildman–Crippen MR) is 51.6 cm³/mol. The molecule has 0 aromatic heterocycles. The summed E-state index contributed by atoms with van der Waals surface area (Å²) in [7, 11) is 0. The third-order valence-electron chi connectivity index (χ3n) is 3.35. The first-order valence-electron chi connectivity index (χ1n) is 5.21. The lowest BCUT2D eigenvalue weighted by atomic mass is 9.85. The summed E-state index contributed by atoms with van der Waals surface area (Å²) in [6.45, 7) is 5.07. The van der Waals surface area contributed by atoms with Crippen molar-refractivity contribution in [1.29, 1.82) is 0 Å². The molecule has 4 heteroatoms. The van der Waals surface area contributed by atoms with Gasteiger partial charge in [-0.05, 0) is 24.7 Å². The van der Waals surface area contributed by atoms with Crippen molar-refractivity contribution in [3.8, 4) is 0 Å². The van der Waals surface area contributed by atoms with Gasteiger partial charge in [-0.1, -0.05) is 13.8 Å². The van der Waals surface area contributed by atoms with Crippen LogP contribution >= 0.6 is 0 Å². The number of amides is 3. The first-order chi connectivity index (χ1) is 6.59. The Hall–Kier alpha value is -1.06. The van der Waals surface area contributed by atoms with Crippen LogP contribution < -0.4 is 5.32 Å². The van der Waals surface area contributed by atoms with E-state index in [9.17, 15) is 9.59 Å². The van der Waals surface area contributed by atoms with Gasteiger partial charge in [0.05, 0.1) is 0 Å². The molecule has 0 saturated carbocycles. The molecule has 78 valence electrons. The molecule has 0 radical (unpaired) electrons. The Morgan fingerprint density at radius 1 is 1.36 bits per heavy atom. The van der Waals surface area contributed by atoms with Crippen LogP contribution in [0.15, 0.2) is 0 Å². The summed E-state index contributed by atoms with van der Waals surface area (Å²) in [4.78, 5) is 24.4. The van der Waals surface area contributed by atoms with E-state index in [0.29, 0.717) is 11.8 Å². The number of hydrogen-bond acceptors (Lipinski definition) is 2. The lowest BCUT2D eigenvalue weighted by molar-refractivity contribution is -0.122. The average molecular weight is 196 g/mol. The van der Waals surface area contributed by atoms with Crippen LogP contribution in [0.2, 0.25) is 0 Å². The maximum atomic E-state index is 11.4. The molecular formula is C10H16N2O2. The van der Waals surface area contributed by atoms with Crippen LogP contribution in [0, 0.1) is 11.8 Å². The van der Waals surface area contributed by atoms with Crippen molar-refractivity contribution < 1.29 is 9.59 Å². The zero-order chi connectivity index (χ0) is 10.3. The highest BCUT2D eigenvalue weighted by Crippen LogP contribution is 2.29. The first kappa shape index (κ1) is 9.49. The molecule has 1 unspecified atom stereocenters. The fourth-order valence-electron chi connectivity index (χ4n) is 2.30. The molecule has 0 aromatic rings. The number of rotatable bonds is 1. The third-order valence-corrected chi connectivity index (χ3v) is 3.35. The maximum Gasteiger partial charge on any atom is 0.324 e. The molecule has 2 saturated heterocycles. The van der Waals surface area contributed by atoms with Crippen molar-refractivity contribution in [3.63, 3.8) is 0 Å². The van der Waals surface area contributed by atoms with Gasteiger partial charge in [-0.25, -0.2) is 4.79 Å². The van der Waals surface area contributed by atoms with E-state index in [2.05, 4.69) is 19.2 Å². The fraction of sp³-hybridized carbons (Fsp3) is 0.800. The topological polar surface area (TPSA) is 49.4 Å². The van der Waals surface area contributed by atoms with Gasteiger partial charge in [0.15, 0.2) is 0 Å². The molecule has 0 aliphatic carbocycles. The van der Waals surface area contributed by atoms with Crippen molar-refractivity contribution in [2.24, 2.45) is 11.8 Å². The van der Waals surface area contributed by atoms with E-state index < -0.39 is 0 Å². The minimum absolute atomic E-state index is 0.114. The number of hydrogen-bond donors (Lipinski definition) is 1. The summed E-state index contributed by atoms with van der Waals surface area (Å²) in [5.41, 5.74) is 0. The molecule has 2 rings (SSSR count). The number of fused-ring (bicyclic) bond motifs is 1. The molecule has 2 aliphatic heterocycles. The van der Waals surface area contributed by atoms with Gasteiger partial charge in [-0.15, -0.1) is 0 Å². The molecule has 4 nitrogen and oxygen atoms in total. The monoisotopic (exact) mass is 196 g/mol. The van der Waals surface area contributed by atoms with Crippen LogP contribution in [0.3, 0.4) is 0 Å². The van der Waals surface area contributed by atoms with Gasteiger partial charge in [0.1, 0.15) is 6.04 Å². The molecule has 2 atom stereocenters. The van der Waals surface area contributed by atoms with Crippen molar-refractivity contribution in [3.05, 3.63) is 0 Å². The van der Waals surface area contributed by atoms with Crippen LogP contribution in [-0.2, 0) is 4.79 Å². The second kappa shape index (κ2) is 3.26. The number of carbonyl (C=O) groups is 2. The Morgan fingerprint density at radius 3 is 2.71 bits per heavy atom. The van der Waals surface area contributed by atoms with Crippen LogP contribution in [-0.4, -0.2) is 29.4 Å². The van der Waals surface area contributed by atoms with Gasteiger partial charge < -0.3 is 4.90 Å². The summed E-state index contributed by atoms with van der Waals surface area (Å²) in [6, 6.07) is -0.386. The Morgan fingerprint density at radius 2 is 2.07 bits per heavy atom. The molecule has 0 bridgehead atoms. The molecule has 1 N–H and O–H groups in total. The van der Waals surface area contributed by atoms with E-state index in [1.807, 2.05) is 0 Å². The van der Waals surface area contributed by atoms with Crippen molar-refractivity contribution in [2.45, 2.75) is 32.7 Å². The van der Waals surface area contributed by atoms with Gasteiger partial charge in [-0.3, -0.25) is 10.1 Å². The Balaban J connectivity index is 2.09. The molecule has 2 aliphatic rings.